The second-order valence-electron chi connectivity index (χ2n) is 7.16. The van der Waals surface area contributed by atoms with Crippen molar-refractivity contribution >= 4 is 39.8 Å². The maximum atomic E-state index is 12.3. The normalized spacial score (nSPS) is 10.8. The van der Waals surface area contributed by atoms with E-state index in [9.17, 15) is 9.59 Å². The number of nitrogens with one attached hydrogen (secondary N) is 1. The zero-order valence-electron chi connectivity index (χ0n) is 17.4. The number of ketones is 1. The molecule has 1 N–H and O–H groups in total. The number of likely N-dealkylation sites (N-methyl/N-ethyl adjacent to an activating group) is 1. The summed E-state index contributed by atoms with van der Waals surface area (Å²) in [6.45, 7) is 1.38. The Bertz CT molecular complexity index is 1030. The number of hydrogen-bond acceptors (Lipinski definition) is 6. The Morgan fingerprint density at radius 1 is 1.10 bits per heavy atom. The van der Waals surface area contributed by atoms with Crippen LogP contribution in [0.25, 0.3) is 11.3 Å². The fourth-order valence-electron chi connectivity index (χ4n) is 2.79. The van der Waals surface area contributed by atoms with Gasteiger partial charge in [-0.2, -0.15) is 0 Å². The van der Waals surface area contributed by atoms with Crippen molar-refractivity contribution in [3.63, 3.8) is 0 Å². The number of carbonyl (C=O) groups excluding carboxylic acids is 2. The van der Waals surface area contributed by atoms with Crippen LogP contribution < -0.4 is 10.1 Å². The van der Waals surface area contributed by atoms with Crippen LogP contribution in [-0.4, -0.2) is 48.8 Å². The number of anilines is 1. The highest BCUT2D eigenvalue weighted by Gasteiger charge is 2.13. The number of ether oxygens (including phenoxy) is 1. The number of rotatable bonds is 10. The first-order chi connectivity index (χ1) is 14.9. The molecule has 1 amide bonds. The fourth-order valence-corrected chi connectivity index (χ4v) is 3.64. The molecule has 3 aromatic rings. The van der Waals surface area contributed by atoms with Crippen molar-refractivity contribution in [3.05, 3.63) is 64.5 Å². The smallest absolute Gasteiger partial charge is 0.226 e. The first kappa shape index (κ1) is 22.9. The summed E-state index contributed by atoms with van der Waals surface area (Å²) in [4.78, 5) is 31.1. The number of carbonyl (C=O) groups is 2. The van der Waals surface area contributed by atoms with Crippen molar-refractivity contribution in [2.45, 2.75) is 12.8 Å². The van der Waals surface area contributed by atoms with Crippen LogP contribution in [-0.2, 0) is 4.79 Å². The van der Waals surface area contributed by atoms with Gasteiger partial charge >= 0.3 is 0 Å². The molecule has 0 saturated heterocycles. The largest absolute Gasteiger partial charge is 0.492 e. The zero-order chi connectivity index (χ0) is 22.2. The van der Waals surface area contributed by atoms with Gasteiger partial charge in [-0.05, 0) is 50.5 Å². The summed E-state index contributed by atoms with van der Waals surface area (Å²) in [7, 11) is 3.99. The lowest BCUT2D eigenvalue weighted by atomic mass is 10.1. The highest BCUT2D eigenvalue weighted by atomic mass is 35.5. The summed E-state index contributed by atoms with van der Waals surface area (Å²) < 4.78 is 5.90. The zero-order valence-corrected chi connectivity index (χ0v) is 19.0. The predicted octanol–water partition coefficient (Wildman–Crippen LogP) is 5.01. The molecule has 0 aliphatic rings. The number of Topliss-reactive ketones (excluding diaryl/α,β-unsaturated/α-hetero) is 1. The monoisotopic (exact) mass is 457 g/mol. The lowest BCUT2D eigenvalue weighted by Crippen LogP contribution is -2.19. The summed E-state index contributed by atoms with van der Waals surface area (Å²) in [5.41, 5.74) is 2.15. The van der Waals surface area contributed by atoms with Gasteiger partial charge in [-0.1, -0.05) is 23.7 Å². The molecule has 8 heteroatoms. The molecule has 0 spiro atoms. The van der Waals surface area contributed by atoms with E-state index in [0.29, 0.717) is 22.3 Å². The van der Waals surface area contributed by atoms with E-state index in [4.69, 9.17) is 16.3 Å². The third-order valence-corrected chi connectivity index (χ3v) is 5.46. The van der Waals surface area contributed by atoms with Crippen molar-refractivity contribution in [2.75, 3.05) is 32.6 Å². The lowest BCUT2D eigenvalue weighted by molar-refractivity contribution is -0.116. The van der Waals surface area contributed by atoms with Crippen LogP contribution >= 0.6 is 22.9 Å². The standard InChI is InChI=1S/C23H24ClN3O3S/c1-27(2)13-14-30-21-6-4-3-5-18(21)19-15-31-23(25-19)26-22(29)12-11-20(28)16-7-9-17(24)10-8-16/h3-10,15H,11-14H2,1-2H3,(H,25,26,29). The highest BCUT2D eigenvalue weighted by molar-refractivity contribution is 7.14. The average molecular weight is 458 g/mol. The van der Waals surface area contributed by atoms with Gasteiger partial charge in [0.15, 0.2) is 10.9 Å². The summed E-state index contributed by atoms with van der Waals surface area (Å²) >= 11 is 7.17. The number of halogens is 1. The number of nitrogens with zero attached hydrogens (tertiary/aromatic N) is 2. The van der Waals surface area contributed by atoms with E-state index in [1.165, 1.54) is 11.3 Å². The molecule has 6 nitrogen and oxygen atoms in total. The highest BCUT2D eigenvalue weighted by Crippen LogP contribution is 2.32. The van der Waals surface area contributed by atoms with Crippen molar-refractivity contribution in [2.24, 2.45) is 0 Å². The Hall–Kier alpha value is -2.74. The van der Waals surface area contributed by atoms with E-state index >= 15 is 0 Å². The molecule has 0 saturated carbocycles. The predicted molar refractivity (Wildman–Crippen MR) is 125 cm³/mol. The molecule has 3 rings (SSSR count). The number of benzene rings is 2. The van der Waals surface area contributed by atoms with E-state index in [1.54, 1.807) is 24.3 Å². The number of aromatic nitrogens is 1. The number of hydrogen-bond donors (Lipinski definition) is 1. The Morgan fingerprint density at radius 3 is 2.58 bits per heavy atom. The van der Waals surface area contributed by atoms with Crippen molar-refractivity contribution < 1.29 is 14.3 Å². The molecule has 0 radical (unpaired) electrons. The number of amides is 1. The molecule has 0 atom stereocenters. The van der Waals surface area contributed by atoms with Gasteiger partial charge in [0.1, 0.15) is 12.4 Å². The summed E-state index contributed by atoms with van der Waals surface area (Å²) in [5, 5.41) is 5.71. The van der Waals surface area contributed by atoms with E-state index in [2.05, 4.69) is 15.2 Å². The third kappa shape index (κ3) is 6.89. The van der Waals surface area contributed by atoms with E-state index < -0.39 is 0 Å². The molecular weight excluding hydrogens is 434 g/mol. The van der Waals surface area contributed by atoms with E-state index in [0.717, 1.165) is 23.6 Å². The van der Waals surface area contributed by atoms with Gasteiger partial charge in [-0.3, -0.25) is 9.59 Å². The minimum Gasteiger partial charge on any atom is -0.492 e. The Morgan fingerprint density at radius 2 is 1.84 bits per heavy atom. The van der Waals surface area contributed by atoms with Crippen LogP contribution in [0, 0.1) is 0 Å². The number of para-hydroxylation sites is 1. The maximum absolute atomic E-state index is 12.3. The van der Waals surface area contributed by atoms with Gasteiger partial charge in [0.2, 0.25) is 5.91 Å². The van der Waals surface area contributed by atoms with Gasteiger partial charge in [-0.25, -0.2) is 4.98 Å². The first-order valence-corrected chi connectivity index (χ1v) is 11.1. The Kier molecular flexibility index (Phi) is 8.17. The van der Waals surface area contributed by atoms with Crippen LogP contribution in [0.2, 0.25) is 5.02 Å². The maximum Gasteiger partial charge on any atom is 0.226 e. The molecule has 31 heavy (non-hydrogen) atoms. The second kappa shape index (κ2) is 11.0. The van der Waals surface area contributed by atoms with Crippen molar-refractivity contribution in [3.8, 4) is 17.0 Å². The molecule has 0 aliphatic heterocycles. The first-order valence-electron chi connectivity index (χ1n) is 9.83. The molecule has 1 aromatic heterocycles. The van der Waals surface area contributed by atoms with Crippen molar-refractivity contribution in [1.29, 1.82) is 0 Å². The summed E-state index contributed by atoms with van der Waals surface area (Å²) in [5.74, 6) is 0.398. The molecule has 2 aromatic carbocycles. The van der Waals surface area contributed by atoms with E-state index in [-0.39, 0.29) is 24.5 Å². The Labute approximate surface area is 190 Å². The topological polar surface area (TPSA) is 71.5 Å². The van der Waals surface area contributed by atoms with E-state index in [1.807, 2.05) is 43.7 Å². The van der Waals surface area contributed by atoms with Crippen molar-refractivity contribution in [1.82, 2.24) is 9.88 Å². The minimum atomic E-state index is -0.251. The molecule has 162 valence electrons. The van der Waals surface area contributed by atoms with Gasteiger partial charge in [0.05, 0.1) is 5.69 Å². The van der Waals surface area contributed by atoms with Gasteiger partial charge < -0.3 is 15.0 Å². The molecule has 0 fully saturated rings. The van der Waals surface area contributed by atoms with Gasteiger partial charge in [-0.15, -0.1) is 11.3 Å². The van der Waals surface area contributed by atoms with Crippen LogP contribution in [0.5, 0.6) is 5.75 Å². The van der Waals surface area contributed by atoms with Gasteiger partial charge in [0.25, 0.3) is 0 Å². The van der Waals surface area contributed by atoms with Gasteiger partial charge in [0, 0.05) is 40.9 Å². The molecule has 0 unspecified atom stereocenters. The minimum absolute atomic E-state index is 0.0839. The SMILES string of the molecule is CN(C)CCOc1ccccc1-c1csc(NC(=O)CCC(=O)c2ccc(Cl)cc2)n1. The lowest BCUT2D eigenvalue weighted by Gasteiger charge is -2.13. The summed E-state index contributed by atoms with van der Waals surface area (Å²) in [6.07, 6.45) is 0.203. The van der Waals surface area contributed by atoms with Crippen LogP contribution in [0.3, 0.4) is 0 Å². The van der Waals surface area contributed by atoms with Crippen LogP contribution in [0.1, 0.15) is 23.2 Å². The molecular formula is C23H24ClN3O3S. The van der Waals surface area contributed by atoms with Crippen LogP contribution in [0.4, 0.5) is 5.13 Å². The fraction of sp³-hybridized carbons (Fsp3) is 0.261. The van der Waals surface area contributed by atoms with Crippen LogP contribution in [0.15, 0.2) is 53.9 Å². The third-order valence-electron chi connectivity index (χ3n) is 4.45. The summed E-state index contributed by atoms with van der Waals surface area (Å²) in [6, 6.07) is 14.3. The quantitative estimate of drug-likeness (QED) is 0.433. The second-order valence-corrected chi connectivity index (χ2v) is 8.46. The molecule has 0 bridgehead atoms. The Balaban J connectivity index is 1.57. The molecule has 1 heterocycles. The average Bonchev–Trinajstić information content (AvgIpc) is 3.21. The molecule has 0 aliphatic carbocycles. The number of thiazole rings is 1.